The lowest BCUT2D eigenvalue weighted by Crippen LogP contribution is -2.55. The van der Waals surface area contributed by atoms with Gasteiger partial charge < -0.3 is 36.6 Å². The molecule has 2 aliphatic rings. The van der Waals surface area contributed by atoms with Gasteiger partial charge in [0.05, 0.1) is 30.7 Å². The molecule has 4 heterocycles. The number of ether oxygens (including phenoxy) is 1. The number of morpholine rings is 1. The minimum absolute atomic E-state index is 0.0588. The Bertz CT molecular complexity index is 1110. The normalized spacial score (nSPS) is 20.5. The zero-order valence-electron chi connectivity index (χ0n) is 19.3. The zero-order chi connectivity index (χ0) is 25.1. The highest BCUT2D eigenvalue weighted by molar-refractivity contribution is 5.98. The maximum Gasteiger partial charge on any atom is 0.252 e. The molecule has 0 aromatic carbocycles. The van der Waals surface area contributed by atoms with E-state index < -0.39 is 23.6 Å². The third-order valence-electron chi connectivity index (χ3n) is 6.06. The maximum absolute atomic E-state index is 14.8. The lowest BCUT2D eigenvalue weighted by molar-refractivity contribution is -0.130. The van der Waals surface area contributed by atoms with Crippen LogP contribution in [0.15, 0.2) is 18.3 Å². The van der Waals surface area contributed by atoms with Gasteiger partial charge in [0.15, 0.2) is 23.3 Å². The summed E-state index contributed by atoms with van der Waals surface area (Å²) >= 11 is 0. The number of nitrogens with zero attached hydrogens (tertiary/aromatic N) is 4. The lowest BCUT2D eigenvalue weighted by atomic mass is 10.00. The number of hydrogen-bond acceptors (Lipinski definition) is 9. The number of pyridine rings is 2. The lowest BCUT2D eigenvalue weighted by Gasteiger charge is -2.36. The highest BCUT2D eigenvalue weighted by Gasteiger charge is 2.29. The molecule has 0 radical (unpaired) electrons. The number of halogens is 2. The van der Waals surface area contributed by atoms with Gasteiger partial charge in [0.25, 0.3) is 5.91 Å². The molecule has 13 heteroatoms. The molecule has 2 amide bonds. The number of likely N-dealkylation sites (tertiary alicyclic amines) is 1. The number of carbonyl (C=O) groups is 2. The molecule has 188 valence electrons. The van der Waals surface area contributed by atoms with Crippen LogP contribution in [-0.4, -0.2) is 78.2 Å². The van der Waals surface area contributed by atoms with Crippen LogP contribution in [-0.2, 0) is 9.53 Å². The first kappa shape index (κ1) is 24.5. The van der Waals surface area contributed by atoms with Gasteiger partial charge in [-0.05, 0) is 12.5 Å². The molecule has 0 saturated carbocycles. The molecular weight excluding hydrogens is 462 g/mol. The second-order valence-electron chi connectivity index (χ2n) is 8.50. The molecule has 11 nitrogen and oxygen atoms in total. The molecule has 2 aromatic heterocycles. The smallest absolute Gasteiger partial charge is 0.252 e. The Labute approximate surface area is 200 Å². The Morgan fingerprint density at radius 3 is 2.51 bits per heavy atom. The summed E-state index contributed by atoms with van der Waals surface area (Å²) in [7, 11) is 0. The first-order valence-electron chi connectivity index (χ1n) is 11.3. The van der Waals surface area contributed by atoms with E-state index >= 15 is 0 Å². The second-order valence-corrected chi connectivity index (χ2v) is 8.50. The van der Waals surface area contributed by atoms with Crippen LogP contribution >= 0.6 is 0 Å². The van der Waals surface area contributed by atoms with Crippen molar-refractivity contribution in [2.75, 3.05) is 54.9 Å². The predicted octanol–water partition coefficient (Wildman–Crippen LogP) is 0.794. The summed E-state index contributed by atoms with van der Waals surface area (Å²) in [5.74, 6) is -2.37. The number of nitrogens with two attached hydrogens (primary N) is 2. The van der Waals surface area contributed by atoms with E-state index in [0.29, 0.717) is 45.8 Å². The van der Waals surface area contributed by atoms with E-state index in [4.69, 9.17) is 16.2 Å². The molecule has 35 heavy (non-hydrogen) atoms. The van der Waals surface area contributed by atoms with E-state index in [0.717, 1.165) is 6.07 Å². The first-order chi connectivity index (χ1) is 16.7. The quantitative estimate of drug-likeness (QED) is 0.461. The van der Waals surface area contributed by atoms with Crippen molar-refractivity contribution in [3.05, 3.63) is 35.5 Å². The van der Waals surface area contributed by atoms with Crippen molar-refractivity contribution >= 4 is 35.0 Å². The van der Waals surface area contributed by atoms with Gasteiger partial charge in [-0.25, -0.2) is 18.7 Å². The molecule has 0 bridgehead atoms. The van der Waals surface area contributed by atoms with E-state index in [2.05, 4.69) is 20.6 Å². The summed E-state index contributed by atoms with van der Waals surface area (Å²) in [5, 5.41) is 5.78. The van der Waals surface area contributed by atoms with Crippen molar-refractivity contribution in [1.82, 2.24) is 14.9 Å². The topological polar surface area (TPSA) is 152 Å². The molecule has 0 aliphatic carbocycles. The average molecular weight is 491 g/mol. The Hall–Kier alpha value is -3.58. The fourth-order valence-corrected chi connectivity index (χ4v) is 4.14. The Balaban J connectivity index is 1.55. The number of carbonyl (C=O) groups excluding carboxylic acids is 2. The van der Waals surface area contributed by atoms with E-state index in [1.165, 1.54) is 19.2 Å². The van der Waals surface area contributed by atoms with Crippen LogP contribution in [0.4, 0.5) is 31.9 Å². The van der Waals surface area contributed by atoms with Gasteiger partial charge in [-0.15, -0.1) is 0 Å². The van der Waals surface area contributed by atoms with Crippen molar-refractivity contribution in [3.8, 4) is 0 Å². The predicted molar refractivity (Wildman–Crippen MR) is 125 cm³/mol. The number of nitrogens with one attached hydrogen (secondary N) is 2. The Morgan fingerprint density at radius 1 is 1.14 bits per heavy atom. The molecule has 2 aromatic rings. The fraction of sp³-hybridized carbons (Fsp3) is 0.455. The minimum Gasteiger partial charge on any atom is -0.378 e. The van der Waals surface area contributed by atoms with E-state index in [9.17, 15) is 18.4 Å². The van der Waals surface area contributed by atoms with Crippen LogP contribution in [0.1, 0.15) is 23.7 Å². The van der Waals surface area contributed by atoms with Gasteiger partial charge in [0.2, 0.25) is 5.91 Å². The number of piperidine rings is 1. The standard InChI is InChI=1S/C22H28F2N8O3/c1-12(33)32-3-2-18(17(25)11-32)29-21-15(23)9-14(19(26)34)20(30-21)28-13-8-16(24)22(27-10-13)31-4-6-35-7-5-31/h8-10,17-18H,2-7,11,25H2,1H3,(H2,26,34)(H2,28,29,30)/t17-,18?/m0/s1. The van der Waals surface area contributed by atoms with Gasteiger partial charge in [0, 0.05) is 51.3 Å². The summed E-state index contributed by atoms with van der Waals surface area (Å²) in [6, 6.07) is 1.37. The van der Waals surface area contributed by atoms with Crippen molar-refractivity contribution in [3.63, 3.8) is 0 Å². The summed E-state index contributed by atoms with van der Waals surface area (Å²) in [5.41, 5.74) is 11.6. The molecule has 2 atom stereocenters. The van der Waals surface area contributed by atoms with E-state index in [1.54, 1.807) is 9.80 Å². The highest BCUT2D eigenvalue weighted by Crippen LogP contribution is 2.27. The zero-order valence-corrected chi connectivity index (χ0v) is 19.3. The number of primary amides is 1. The van der Waals surface area contributed by atoms with Gasteiger partial charge in [0.1, 0.15) is 5.82 Å². The fourth-order valence-electron chi connectivity index (χ4n) is 4.14. The van der Waals surface area contributed by atoms with E-state index in [1.807, 2.05) is 0 Å². The summed E-state index contributed by atoms with van der Waals surface area (Å²) in [4.78, 5) is 35.3. The third kappa shape index (κ3) is 5.57. The van der Waals surface area contributed by atoms with Gasteiger partial charge in [-0.3, -0.25) is 9.59 Å². The van der Waals surface area contributed by atoms with Gasteiger partial charge in [-0.1, -0.05) is 0 Å². The van der Waals surface area contributed by atoms with Crippen LogP contribution < -0.4 is 27.0 Å². The molecule has 2 aliphatic heterocycles. The molecule has 4 rings (SSSR count). The van der Waals surface area contributed by atoms with Crippen molar-refractivity contribution < 1.29 is 23.1 Å². The third-order valence-corrected chi connectivity index (χ3v) is 6.06. The van der Waals surface area contributed by atoms with Gasteiger partial charge in [-0.2, -0.15) is 0 Å². The summed E-state index contributed by atoms with van der Waals surface area (Å²) < 4.78 is 34.8. The van der Waals surface area contributed by atoms with Crippen LogP contribution in [0.5, 0.6) is 0 Å². The molecule has 1 unspecified atom stereocenters. The number of amides is 2. The molecule has 6 N–H and O–H groups in total. The maximum atomic E-state index is 14.8. The van der Waals surface area contributed by atoms with Crippen molar-refractivity contribution in [2.45, 2.75) is 25.4 Å². The van der Waals surface area contributed by atoms with E-state index in [-0.39, 0.29) is 40.7 Å². The minimum atomic E-state index is -0.907. The van der Waals surface area contributed by atoms with Gasteiger partial charge >= 0.3 is 0 Å². The Morgan fingerprint density at radius 2 is 1.89 bits per heavy atom. The number of anilines is 4. The summed E-state index contributed by atoms with van der Waals surface area (Å²) in [6.45, 7) is 4.25. The van der Waals surface area contributed by atoms with Crippen molar-refractivity contribution in [2.24, 2.45) is 11.5 Å². The molecule has 2 fully saturated rings. The van der Waals surface area contributed by atoms with Crippen LogP contribution in [0, 0.1) is 11.6 Å². The van der Waals surface area contributed by atoms with Crippen LogP contribution in [0.3, 0.4) is 0 Å². The first-order valence-corrected chi connectivity index (χ1v) is 11.3. The Kier molecular flexibility index (Phi) is 7.26. The molecule has 0 spiro atoms. The number of hydrogen-bond donors (Lipinski definition) is 4. The second kappa shape index (κ2) is 10.4. The summed E-state index contributed by atoms with van der Waals surface area (Å²) in [6.07, 6.45) is 1.88. The number of rotatable bonds is 6. The average Bonchev–Trinajstić information content (AvgIpc) is 2.82. The molecular formula is C22H28F2N8O3. The SMILES string of the molecule is CC(=O)N1CCC(Nc2nc(Nc3cnc(N4CCOCC4)c(F)c3)c(C(N)=O)cc2F)[C@@H](N)C1. The number of aromatic nitrogens is 2. The monoisotopic (exact) mass is 490 g/mol. The van der Waals surface area contributed by atoms with Crippen molar-refractivity contribution in [1.29, 1.82) is 0 Å². The largest absolute Gasteiger partial charge is 0.378 e. The van der Waals surface area contributed by atoms with Crippen LogP contribution in [0.25, 0.3) is 0 Å². The van der Waals surface area contributed by atoms with Crippen LogP contribution in [0.2, 0.25) is 0 Å². The highest BCUT2D eigenvalue weighted by atomic mass is 19.1. The molecule has 2 saturated heterocycles.